The summed E-state index contributed by atoms with van der Waals surface area (Å²) in [5, 5.41) is 12.8. The third kappa shape index (κ3) is 3.78. The SMILES string of the molecule is CC1C=CC=CC1c1ccc(-c2ccc3c(c2)c2ccccc2c2nnc(-c4ccc(I)cc4)n32)cc1. The number of fused-ring (bicyclic) bond motifs is 6. The molecular formula is C33H24IN3. The smallest absolute Gasteiger partial charge is 0.169 e. The lowest BCUT2D eigenvalue weighted by atomic mass is 9.84. The molecule has 37 heavy (non-hydrogen) atoms. The molecule has 2 heterocycles. The fourth-order valence-corrected chi connectivity index (χ4v) is 5.90. The molecule has 4 heteroatoms. The molecule has 0 saturated carbocycles. The number of halogens is 1. The fourth-order valence-electron chi connectivity index (χ4n) is 5.54. The highest BCUT2D eigenvalue weighted by atomic mass is 127. The Morgan fingerprint density at radius 1 is 0.676 bits per heavy atom. The highest BCUT2D eigenvalue weighted by Gasteiger charge is 2.18. The second kappa shape index (κ2) is 8.96. The van der Waals surface area contributed by atoms with Gasteiger partial charge in [-0.05, 0) is 74.9 Å². The summed E-state index contributed by atoms with van der Waals surface area (Å²) in [5.74, 6) is 1.81. The van der Waals surface area contributed by atoms with Crippen molar-refractivity contribution in [1.82, 2.24) is 14.6 Å². The minimum atomic E-state index is 0.432. The molecule has 0 spiro atoms. The zero-order chi connectivity index (χ0) is 24.9. The standard InChI is InChI=1S/C33H24IN3/c1-21-6-2-3-7-27(21)23-12-10-22(11-13-23)25-16-19-31-30(20-25)28-8-4-5-9-29(28)33-36-35-32(37(31)33)24-14-17-26(34)18-15-24/h2-21,27H,1H3. The number of hydrogen-bond donors (Lipinski definition) is 0. The Kier molecular flexibility index (Phi) is 5.43. The predicted molar refractivity (Wildman–Crippen MR) is 162 cm³/mol. The van der Waals surface area contributed by atoms with Crippen molar-refractivity contribution in [3.8, 4) is 22.5 Å². The van der Waals surface area contributed by atoms with Gasteiger partial charge in [0.15, 0.2) is 11.5 Å². The molecule has 0 saturated heterocycles. The van der Waals surface area contributed by atoms with Crippen LogP contribution in [0.1, 0.15) is 18.4 Å². The van der Waals surface area contributed by atoms with Crippen molar-refractivity contribution in [2.75, 3.05) is 0 Å². The largest absolute Gasteiger partial charge is 0.274 e. The van der Waals surface area contributed by atoms with Gasteiger partial charge in [-0.25, -0.2) is 0 Å². The van der Waals surface area contributed by atoms with Crippen LogP contribution in [0.4, 0.5) is 0 Å². The lowest BCUT2D eigenvalue weighted by molar-refractivity contribution is 0.635. The first-order valence-corrected chi connectivity index (χ1v) is 13.7. The molecule has 178 valence electrons. The summed E-state index contributed by atoms with van der Waals surface area (Å²) in [6.07, 6.45) is 8.88. The topological polar surface area (TPSA) is 30.2 Å². The van der Waals surface area contributed by atoms with Crippen LogP contribution >= 0.6 is 22.6 Å². The van der Waals surface area contributed by atoms with Gasteiger partial charge in [0.25, 0.3) is 0 Å². The number of rotatable bonds is 3. The van der Waals surface area contributed by atoms with Gasteiger partial charge in [0.05, 0.1) is 5.52 Å². The average molecular weight is 589 g/mol. The van der Waals surface area contributed by atoms with Crippen molar-refractivity contribution in [1.29, 1.82) is 0 Å². The van der Waals surface area contributed by atoms with Crippen LogP contribution in [0.15, 0.2) is 115 Å². The predicted octanol–water partition coefficient (Wildman–Crippen LogP) is 8.82. The molecule has 7 rings (SSSR count). The number of aromatic nitrogens is 3. The van der Waals surface area contributed by atoms with Crippen LogP contribution in [0.2, 0.25) is 0 Å². The maximum absolute atomic E-state index is 4.64. The van der Waals surface area contributed by atoms with Crippen molar-refractivity contribution in [2.24, 2.45) is 5.92 Å². The first kappa shape index (κ1) is 22.4. The molecule has 0 aliphatic heterocycles. The minimum Gasteiger partial charge on any atom is -0.274 e. The van der Waals surface area contributed by atoms with Crippen molar-refractivity contribution in [2.45, 2.75) is 12.8 Å². The van der Waals surface area contributed by atoms with Gasteiger partial charge in [0, 0.05) is 25.8 Å². The lowest BCUT2D eigenvalue weighted by Crippen LogP contribution is -2.07. The van der Waals surface area contributed by atoms with E-state index in [4.69, 9.17) is 0 Å². The molecule has 6 aromatic rings. The molecule has 1 aliphatic rings. The van der Waals surface area contributed by atoms with Gasteiger partial charge in [-0.15, -0.1) is 10.2 Å². The molecule has 0 fully saturated rings. The van der Waals surface area contributed by atoms with Crippen LogP contribution in [0.25, 0.3) is 49.8 Å². The van der Waals surface area contributed by atoms with E-state index in [0.29, 0.717) is 11.8 Å². The monoisotopic (exact) mass is 589 g/mol. The molecule has 2 aromatic heterocycles. The number of pyridine rings is 1. The maximum atomic E-state index is 4.64. The molecule has 2 atom stereocenters. The second-order valence-corrected chi connectivity index (χ2v) is 11.0. The third-order valence-electron chi connectivity index (χ3n) is 7.50. The van der Waals surface area contributed by atoms with E-state index in [1.54, 1.807) is 0 Å². The van der Waals surface area contributed by atoms with Crippen LogP contribution < -0.4 is 0 Å². The Morgan fingerprint density at radius 2 is 1.38 bits per heavy atom. The number of benzene rings is 4. The van der Waals surface area contributed by atoms with E-state index in [9.17, 15) is 0 Å². The van der Waals surface area contributed by atoms with E-state index in [1.807, 2.05) is 0 Å². The van der Waals surface area contributed by atoms with Gasteiger partial charge in [0.2, 0.25) is 0 Å². The Balaban J connectivity index is 1.40. The zero-order valence-corrected chi connectivity index (χ0v) is 22.5. The molecule has 0 radical (unpaired) electrons. The lowest BCUT2D eigenvalue weighted by Gasteiger charge is -2.21. The highest BCUT2D eigenvalue weighted by Crippen LogP contribution is 2.36. The van der Waals surface area contributed by atoms with E-state index in [1.165, 1.54) is 31.0 Å². The van der Waals surface area contributed by atoms with Gasteiger partial charge in [-0.2, -0.15) is 0 Å². The molecule has 0 bridgehead atoms. The van der Waals surface area contributed by atoms with Gasteiger partial charge in [-0.1, -0.05) is 98.0 Å². The summed E-state index contributed by atoms with van der Waals surface area (Å²) in [7, 11) is 0. The van der Waals surface area contributed by atoms with Crippen LogP contribution in [-0.4, -0.2) is 14.6 Å². The van der Waals surface area contributed by atoms with Gasteiger partial charge >= 0.3 is 0 Å². The van der Waals surface area contributed by atoms with Crippen molar-refractivity contribution in [3.05, 3.63) is 124 Å². The molecule has 4 aromatic carbocycles. The van der Waals surface area contributed by atoms with Crippen LogP contribution in [0.5, 0.6) is 0 Å². The van der Waals surface area contributed by atoms with Crippen molar-refractivity contribution >= 4 is 49.9 Å². The Labute approximate surface area is 229 Å². The van der Waals surface area contributed by atoms with Crippen molar-refractivity contribution < 1.29 is 0 Å². The van der Waals surface area contributed by atoms with Gasteiger partial charge < -0.3 is 0 Å². The zero-order valence-electron chi connectivity index (χ0n) is 20.3. The second-order valence-electron chi connectivity index (χ2n) is 9.74. The van der Waals surface area contributed by atoms with Gasteiger partial charge in [0.1, 0.15) is 0 Å². The molecule has 3 nitrogen and oxygen atoms in total. The molecule has 0 N–H and O–H groups in total. The summed E-state index contributed by atoms with van der Waals surface area (Å²) < 4.78 is 3.41. The fraction of sp³-hybridized carbons (Fsp3) is 0.0909. The normalized spacial score (nSPS) is 17.2. The molecule has 0 amide bonds. The molecule has 1 aliphatic carbocycles. The number of hydrogen-bond acceptors (Lipinski definition) is 2. The number of allylic oxidation sites excluding steroid dienone is 4. The van der Waals surface area contributed by atoms with Crippen LogP contribution in [-0.2, 0) is 0 Å². The average Bonchev–Trinajstić information content (AvgIpc) is 3.39. The van der Waals surface area contributed by atoms with E-state index in [0.717, 1.165) is 27.9 Å². The van der Waals surface area contributed by atoms with Gasteiger partial charge in [-0.3, -0.25) is 4.40 Å². The Bertz CT molecular complexity index is 1840. The summed E-state index contributed by atoms with van der Waals surface area (Å²) in [6, 6.07) is 32.8. The van der Waals surface area contributed by atoms with E-state index < -0.39 is 0 Å². The van der Waals surface area contributed by atoms with Crippen molar-refractivity contribution in [3.63, 3.8) is 0 Å². The first-order chi connectivity index (χ1) is 18.2. The van der Waals surface area contributed by atoms with E-state index in [2.05, 4.69) is 159 Å². The Morgan fingerprint density at radius 3 is 2.16 bits per heavy atom. The third-order valence-corrected chi connectivity index (χ3v) is 8.22. The van der Waals surface area contributed by atoms with E-state index in [-0.39, 0.29) is 0 Å². The summed E-state index contributed by atoms with van der Waals surface area (Å²) >= 11 is 2.33. The van der Waals surface area contributed by atoms with E-state index >= 15 is 0 Å². The molecule has 2 unspecified atom stereocenters. The van der Waals surface area contributed by atoms with Crippen LogP contribution in [0, 0.1) is 9.49 Å². The first-order valence-electron chi connectivity index (χ1n) is 12.6. The Hall–Kier alpha value is -3.77. The quantitative estimate of drug-likeness (QED) is 0.153. The molecular weight excluding hydrogens is 565 g/mol. The maximum Gasteiger partial charge on any atom is 0.169 e. The number of nitrogens with zero attached hydrogens (tertiary/aromatic N) is 3. The minimum absolute atomic E-state index is 0.432. The summed E-state index contributed by atoms with van der Waals surface area (Å²) in [5.41, 5.74) is 6.85. The highest BCUT2D eigenvalue weighted by molar-refractivity contribution is 14.1. The summed E-state index contributed by atoms with van der Waals surface area (Å²) in [4.78, 5) is 0. The van der Waals surface area contributed by atoms with Crippen LogP contribution in [0.3, 0.4) is 0 Å². The summed E-state index contributed by atoms with van der Waals surface area (Å²) in [6.45, 7) is 2.28.